The zero-order valence-corrected chi connectivity index (χ0v) is 20.2. The number of hydrogen-bond acceptors (Lipinski definition) is 3. The molecule has 31 heavy (non-hydrogen) atoms. The Morgan fingerprint density at radius 1 is 0.935 bits per heavy atom. The Balaban J connectivity index is 1.62. The molecule has 0 saturated heterocycles. The molecule has 0 fully saturated rings. The van der Waals surface area contributed by atoms with E-state index < -0.39 is 0 Å². The van der Waals surface area contributed by atoms with Gasteiger partial charge in [0.2, 0.25) is 0 Å². The van der Waals surface area contributed by atoms with Gasteiger partial charge in [-0.05, 0) is 67.4 Å². The van der Waals surface area contributed by atoms with Crippen LogP contribution >= 0.6 is 39.1 Å². The van der Waals surface area contributed by atoms with E-state index in [1.54, 1.807) is 24.3 Å². The van der Waals surface area contributed by atoms with Gasteiger partial charge in [0.1, 0.15) is 12.4 Å². The maximum absolute atomic E-state index is 13.0. The number of ether oxygens (including phenoxy) is 2. The molecule has 0 aliphatic rings. The molecule has 1 N–H and O–H groups in total. The van der Waals surface area contributed by atoms with Crippen molar-refractivity contribution in [2.24, 2.45) is 0 Å². The first-order chi connectivity index (χ1) is 15.0. The summed E-state index contributed by atoms with van der Waals surface area (Å²) in [5.74, 6) is 1.09. The minimum atomic E-state index is -0.218. The summed E-state index contributed by atoms with van der Waals surface area (Å²) in [5, 5.41) is 4.56. The van der Waals surface area contributed by atoms with Gasteiger partial charge in [-0.1, -0.05) is 57.3 Å². The molecule has 0 aliphatic carbocycles. The van der Waals surface area contributed by atoms with Gasteiger partial charge in [0.25, 0.3) is 0 Å². The van der Waals surface area contributed by atoms with Crippen molar-refractivity contribution in [3.63, 3.8) is 0 Å². The Morgan fingerprint density at radius 3 is 2.39 bits per heavy atom. The lowest BCUT2D eigenvalue weighted by molar-refractivity contribution is 0.269. The maximum atomic E-state index is 13.0. The molecule has 0 unspecified atom stereocenters. The fourth-order valence-corrected chi connectivity index (χ4v) is 3.92. The molecule has 164 valence electrons. The highest BCUT2D eigenvalue weighted by Gasteiger charge is 2.12. The van der Waals surface area contributed by atoms with E-state index in [9.17, 15) is 4.39 Å². The summed E-state index contributed by atoms with van der Waals surface area (Å²) in [6.45, 7) is 4.19. The van der Waals surface area contributed by atoms with E-state index in [-0.39, 0.29) is 5.82 Å². The van der Waals surface area contributed by atoms with Crippen molar-refractivity contribution in [1.82, 2.24) is 5.32 Å². The van der Waals surface area contributed by atoms with E-state index in [1.807, 2.05) is 25.1 Å². The Hall–Kier alpha value is -1.79. The van der Waals surface area contributed by atoms with E-state index in [0.29, 0.717) is 41.3 Å². The second-order valence-electron chi connectivity index (χ2n) is 6.90. The van der Waals surface area contributed by atoms with Crippen LogP contribution in [0.15, 0.2) is 59.1 Å². The summed E-state index contributed by atoms with van der Waals surface area (Å²) < 4.78 is 25.7. The molecule has 0 radical (unpaired) electrons. The molecule has 3 aromatic carbocycles. The van der Waals surface area contributed by atoms with Crippen molar-refractivity contribution < 1.29 is 13.9 Å². The summed E-state index contributed by atoms with van der Waals surface area (Å²) in [6, 6.07) is 15.8. The molecule has 0 saturated carbocycles. The molecule has 3 rings (SSSR count). The van der Waals surface area contributed by atoms with E-state index >= 15 is 0 Å². The molecule has 3 aromatic rings. The van der Waals surface area contributed by atoms with Crippen molar-refractivity contribution >= 4 is 39.1 Å². The summed E-state index contributed by atoms with van der Waals surface area (Å²) in [5.41, 5.74) is 2.99. The lowest BCUT2D eigenvalue weighted by Gasteiger charge is -2.16. The van der Waals surface area contributed by atoms with Gasteiger partial charge < -0.3 is 14.8 Å². The Morgan fingerprint density at radius 2 is 1.68 bits per heavy atom. The predicted molar refractivity (Wildman–Crippen MR) is 128 cm³/mol. The van der Waals surface area contributed by atoms with Crippen LogP contribution in [0.25, 0.3) is 0 Å². The lowest BCUT2D eigenvalue weighted by atomic mass is 10.1. The number of nitrogens with one attached hydrogen (secondary N) is 1. The number of rotatable bonds is 10. The monoisotopic (exact) mass is 525 g/mol. The third-order valence-electron chi connectivity index (χ3n) is 4.63. The molecule has 0 amide bonds. The smallest absolute Gasteiger partial charge is 0.162 e. The molecule has 0 aliphatic heterocycles. The van der Waals surface area contributed by atoms with Crippen LogP contribution < -0.4 is 14.8 Å². The molecular formula is C24H23BrCl2FNO2. The van der Waals surface area contributed by atoms with Gasteiger partial charge in [-0.2, -0.15) is 0 Å². The highest BCUT2D eigenvalue weighted by molar-refractivity contribution is 9.10. The van der Waals surface area contributed by atoms with Gasteiger partial charge in [0, 0.05) is 26.6 Å². The second kappa shape index (κ2) is 11.7. The third-order valence-corrected chi connectivity index (χ3v) is 5.96. The van der Waals surface area contributed by atoms with Gasteiger partial charge in [-0.25, -0.2) is 4.39 Å². The first kappa shape index (κ1) is 23.9. The zero-order valence-electron chi connectivity index (χ0n) is 17.1. The SMILES string of the molecule is CCOc1cc(CNCCc2ccc(F)cc2)c(Br)cc1OCc1ccc(Cl)cc1Cl. The van der Waals surface area contributed by atoms with E-state index in [4.69, 9.17) is 32.7 Å². The van der Waals surface area contributed by atoms with Gasteiger partial charge in [0.15, 0.2) is 11.5 Å². The van der Waals surface area contributed by atoms with E-state index in [0.717, 1.165) is 34.1 Å². The molecule has 7 heteroatoms. The fourth-order valence-electron chi connectivity index (χ4n) is 2.99. The molecule has 0 spiro atoms. The normalized spacial score (nSPS) is 10.9. The molecule has 0 heterocycles. The first-order valence-electron chi connectivity index (χ1n) is 9.93. The molecular weight excluding hydrogens is 504 g/mol. The maximum Gasteiger partial charge on any atom is 0.162 e. The van der Waals surface area contributed by atoms with Crippen molar-refractivity contribution in [3.05, 3.63) is 91.6 Å². The predicted octanol–water partition coefficient (Wildman–Crippen LogP) is 7.21. The van der Waals surface area contributed by atoms with Crippen LogP contribution in [0.3, 0.4) is 0 Å². The van der Waals surface area contributed by atoms with Crippen molar-refractivity contribution in [2.75, 3.05) is 13.2 Å². The quantitative estimate of drug-likeness (QED) is 0.283. The molecule has 3 nitrogen and oxygen atoms in total. The number of halogens is 4. The highest BCUT2D eigenvalue weighted by Crippen LogP contribution is 2.35. The third kappa shape index (κ3) is 7.11. The minimum absolute atomic E-state index is 0.218. The molecule has 0 aromatic heterocycles. The lowest BCUT2D eigenvalue weighted by Crippen LogP contribution is -2.17. The largest absolute Gasteiger partial charge is 0.490 e. The van der Waals surface area contributed by atoms with Crippen LogP contribution in [0.4, 0.5) is 4.39 Å². The Bertz CT molecular complexity index is 1020. The molecule has 0 bridgehead atoms. The first-order valence-corrected chi connectivity index (χ1v) is 11.5. The Labute approximate surface area is 200 Å². The van der Waals surface area contributed by atoms with Gasteiger partial charge in [-0.15, -0.1) is 0 Å². The van der Waals surface area contributed by atoms with Crippen LogP contribution in [0.1, 0.15) is 23.6 Å². The van der Waals surface area contributed by atoms with Crippen molar-refractivity contribution in [1.29, 1.82) is 0 Å². The summed E-state index contributed by atoms with van der Waals surface area (Å²) in [6.07, 6.45) is 0.819. The van der Waals surface area contributed by atoms with Crippen LogP contribution in [0.2, 0.25) is 10.0 Å². The van der Waals surface area contributed by atoms with Gasteiger partial charge in [-0.3, -0.25) is 0 Å². The van der Waals surface area contributed by atoms with Crippen LogP contribution in [-0.4, -0.2) is 13.2 Å². The van der Waals surface area contributed by atoms with Crippen LogP contribution in [0.5, 0.6) is 11.5 Å². The fraction of sp³-hybridized carbons (Fsp3) is 0.250. The van der Waals surface area contributed by atoms with Gasteiger partial charge >= 0.3 is 0 Å². The Kier molecular flexibility index (Phi) is 9.02. The second-order valence-corrected chi connectivity index (χ2v) is 8.60. The van der Waals surface area contributed by atoms with Crippen LogP contribution in [0, 0.1) is 5.82 Å². The average molecular weight is 527 g/mol. The summed E-state index contributed by atoms with van der Waals surface area (Å²) in [7, 11) is 0. The number of benzene rings is 3. The van der Waals surface area contributed by atoms with Crippen molar-refractivity contribution in [3.8, 4) is 11.5 Å². The average Bonchev–Trinajstić information content (AvgIpc) is 2.74. The van der Waals surface area contributed by atoms with Gasteiger partial charge in [0.05, 0.1) is 6.61 Å². The molecule has 0 atom stereocenters. The zero-order chi connectivity index (χ0) is 22.2. The van der Waals surface area contributed by atoms with Crippen molar-refractivity contribution in [2.45, 2.75) is 26.5 Å². The standard InChI is InChI=1S/C24H23BrCl2FNO2/c1-2-30-23-11-18(14-29-10-9-16-3-7-20(28)8-4-16)21(25)13-24(23)31-15-17-5-6-19(26)12-22(17)27/h3-8,11-13,29H,2,9-10,14-15H2,1H3. The highest BCUT2D eigenvalue weighted by atomic mass is 79.9. The van der Waals surface area contributed by atoms with E-state index in [2.05, 4.69) is 21.2 Å². The number of hydrogen-bond donors (Lipinski definition) is 1. The minimum Gasteiger partial charge on any atom is -0.490 e. The summed E-state index contributed by atoms with van der Waals surface area (Å²) >= 11 is 15.8. The topological polar surface area (TPSA) is 30.5 Å². The van der Waals surface area contributed by atoms with E-state index in [1.165, 1.54) is 12.1 Å². The summed E-state index contributed by atoms with van der Waals surface area (Å²) in [4.78, 5) is 0. The van der Waals surface area contributed by atoms with Crippen LogP contribution in [-0.2, 0) is 19.6 Å².